The number of carbonyl (C=O) groups is 1. The molecule has 5 nitrogen and oxygen atoms in total. The molecular weight excluding hydrogens is 348 g/mol. The van der Waals surface area contributed by atoms with Gasteiger partial charge in [-0.1, -0.05) is 12.8 Å². The minimum Gasteiger partial charge on any atom is -0.372 e. The van der Waals surface area contributed by atoms with Crippen molar-refractivity contribution in [3.63, 3.8) is 0 Å². The van der Waals surface area contributed by atoms with Gasteiger partial charge in [-0.25, -0.2) is 0 Å². The van der Waals surface area contributed by atoms with Crippen LogP contribution in [0, 0.1) is 0 Å². The third kappa shape index (κ3) is 4.64. The maximum atomic E-state index is 12.7. The van der Waals surface area contributed by atoms with Crippen LogP contribution in [0.15, 0.2) is 42.7 Å². The van der Waals surface area contributed by atoms with Gasteiger partial charge >= 0.3 is 0 Å². The van der Waals surface area contributed by atoms with Crippen molar-refractivity contribution in [2.45, 2.75) is 44.9 Å². The molecule has 1 amide bonds. The fraction of sp³-hybridized carbons (Fsp3) is 0.478. The lowest BCUT2D eigenvalue weighted by molar-refractivity contribution is 0.102. The quantitative estimate of drug-likeness (QED) is 0.837. The minimum atomic E-state index is -0.102. The van der Waals surface area contributed by atoms with Crippen molar-refractivity contribution < 1.29 is 4.79 Å². The Morgan fingerprint density at radius 2 is 1.32 bits per heavy atom. The van der Waals surface area contributed by atoms with Crippen LogP contribution in [0.25, 0.3) is 0 Å². The van der Waals surface area contributed by atoms with E-state index in [1.54, 1.807) is 6.20 Å². The molecule has 2 aromatic rings. The van der Waals surface area contributed by atoms with E-state index in [1.807, 2.05) is 24.4 Å². The number of hydrogen-bond acceptors (Lipinski definition) is 4. The molecule has 0 aliphatic carbocycles. The largest absolute Gasteiger partial charge is 0.372 e. The third-order valence-corrected chi connectivity index (χ3v) is 5.80. The van der Waals surface area contributed by atoms with Crippen molar-refractivity contribution >= 4 is 23.0 Å². The molecule has 0 radical (unpaired) electrons. The lowest BCUT2D eigenvalue weighted by atomic mass is 10.1. The van der Waals surface area contributed by atoms with Crippen molar-refractivity contribution in [2.24, 2.45) is 0 Å². The van der Waals surface area contributed by atoms with Crippen molar-refractivity contribution in [2.75, 3.05) is 41.3 Å². The monoisotopic (exact) mass is 378 g/mol. The molecule has 2 saturated heterocycles. The first-order chi connectivity index (χ1) is 13.8. The van der Waals surface area contributed by atoms with Crippen LogP contribution in [0.1, 0.15) is 55.3 Å². The summed E-state index contributed by atoms with van der Waals surface area (Å²) in [5.41, 5.74) is 3.73. The molecule has 1 aromatic heterocycles. The van der Waals surface area contributed by atoms with Crippen LogP contribution in [-0.4, -0.2) is 37.1 Å². The van der Waals surface area contributed by atoms with Gasteiger partial charge < -0.3 is 15.1 Å². The van der Waals surface area contributed by atoms with Gasteiger partial charge in [0.2, 0.25) is 0 Å². The molecule has 0 saturated carbocycles. The number of benzene rings is 1. The van der Waals surface area contributed by atoms with Crippen LogP contribution < -0.4 is 15.1 Å². The van der Waals surface area contributed by atoms with Gasteiger partial charge in [0.25, 0.3) is 5.91 Å². The number of amides is 1. The van der Waals surface area contributed by atoms with Gasteiger partial charge in [-0.3, -0.25) is 9.78 Å². The van der Waals surface area contributed by atoms with Gasteiger partial charge in [-0.2, -0.15) is 0 Å². The van der Waals surface area contributed by atoms with E-state index in [4.69, 9.17) is 0 Å². The van der Waals surface area contributed by atoms with Gasteiger partial charge in [0.1, 0.15) is 0 Å². The highest BCUT2D eigenvalue weighted by molar-refractivity contribution is 6.04. The number of nitrogens with one attached hydrogen (secondary N) is 1. The Morgan fingerprint density at radius 1 is 0.750 bits per heavy atom. The molecule has 148 valence electrons. The summed E-state index contributed by atoms with van der Waals surface area (Å²) in [5, 5.41) is 3.01. The topological polar surface area (TPSA) is 48.5 Å². The van der Waals surface area contributed by atoms with Crippen LogP contribution in [-0.2, 0) is 0 Å². The second kappa shape index (κ2) is 9.09. The number of aromatic nitrogens is 1. The Labute approximate surface area is 167 Å². The van der Waals surface area contributed by atoms with Crippen molar-refractivity contribution in [1.82, 2.24) is 4.98 Å². The van der Waals surface area contributed by atoms with Gasteiger partial charge in [-0.15, -0.1) is 0 Å². The first-order valence-corrected chi connectivity index (χ1v) is 10.7. The van der Waals surface area contributed by atoms with Crippen molar-refractivity contribution in [3.05, 3.63) is 48.3 Å². The number of pyridine rings is 1. The zero-order valence-electron chi connectivity index (χ0n) is 16.6. The van der Waals surface area contributed by atoms with Gasteiger partial charge in [0, 0.05) is 43.8 Å². The molecule has 0 spiro atoms. The summed E-state index contributed by atoms with van der Waals surface area (Å²) in [4.78, 5) is 21.8. The standard InChI is InChI=1S/C23H30N4O/c28-23(19-16-22(18-24-17-19)27-14-4-1-2-5-15-27)25-20-8-10-21(11-9-20)26-12-6-3-7-13-26/h8-11,16-18H,1-7,12-15H2,(H,25,28). The van der Waals surface area contributed by atoms with E-state index in [0.29, 0.717) is 5.56 Å². The Bertz CT molecular complexity index is 775. The molecule has 1 N–H and O–H groups in total. The first-order valence-electron chi connectivity index (χ1n) is 10.7. The lowest BCUT2D eigenvalue weighted by Crippen LogP contribution is -2.29. The average molecular weight is 379 g/mol. The maximum Gasteiger partial charge on any atom is 0.257 e. The molecule has 2 aliphatic rings. The molecule has 0 atom stereocenters. The second-order valence-corrected chi connectivity index (χ2v) is 7.88. The van der Waals surface area contributed by atoms with E-state index < -0.39 is 0 Å². The normalized spacial score (nSPS) is 17.9. The van der Waals surface area contributed by atoms with E-state index in [9.17, 15) is 4.79 Å². The molecule has 2 aliphatic heterocycles. The Hall–Kier alpha value is -2.56. The predicted octanol–water partition coefficient (Wildman–Crippen LogP) is 4.70. The van der Waals surface area contributed by atoms with Crippen LogP contribution in [0.4, 0.5) is 17.1 Å². The SMILES string of the molecule is O=C(Nc1ccc(N2CCCCC2)cc1)c1cncc(N2CCCCCC2)c1. The summed E-state index contributed by atoms with van der Waals surface area (Å²) in [7, 11) is 0. The molecule has 4 rings (SSSR count). The Kier molecular flexibility index (Phi) is 6.10. The average Bonchev–Trinajstić information content (AvgIpc) is 3.05. The zero-order chi connectivity index (χ0) is 19.2. The summed E-state index contributed by atoms with van der Waals surface area (Å²) in [5.74, 6) is -0.102. The van der Waals surface area contributed by atoms with E-state index in [2.05, 4.69) is 32.2 Å². The number of anilines is 3. The van der Waals surface area contributed by atoms with E-state index in [0.717, 1.165) is 37.6 Å². The predicted molar refractivity (Wildman–Crippen MR) is 115 cm³/mol. The summed E-state index contributed by atoms with van der Waals surface area (Å²) in [6, 6.07) is 10.2. The van der Waals surface area contributed by atoms with E-state index >= 15 is 0 Å². The molecule has 0 bridgehead atoms. The highest BCUT2D eigenvalue weighted by atomic mass is 16.1. The van der Waals surface area contributed by atoms with E-state index in [1.165, 1.54) is 50.6 Å². The molecule has 0 unspecified atom stereocenters. The highest BCUT2D eigenvalue weighted by Gasteiger charge is 2.14. The van der Waals surface area contributed by atoms with Crippen LogP contribution in [0.2, 0.25) is 0 Å². The molecule has 2 fully saturated rings. The number of rotatable bonds is 4. The van der Waals surface area contributed by atoms with Crippen LogP contribution in [0.5, 0.6) is 0 Å². The number of carbonyl (C=O) groups excluding carboxylic acids is 1. The Balaban J connectivity index is 1.41. The van der Waals surface area contributed by atoms with Crippen LogP contribution in [0.3, 0.4) is 0 Å². The fourth-order valence-electron chi connectivity index (χ4n) is 4.16. The number of hydrogen-bond donors (Lipinski definition) is 1. The maximum absolute atomic E-state index is 12.7. The van der Waals surface area contributed by atoms with Gasteiger partial charge in [-0.05, 0) is 62.4 Å². The summed E-state index contributed by atoms with van der Waals surface area (Å²) in [6.45, 7) is 4.34. The minimum absolute atomic E-state index is 0.102. The molecule has 1 aromatic carbocycles. The highest BCUT2D eigenvalue weighted by Crippen LogP contribution is 2.23. The number of piperidine rings is 1. The molecule has 5 heteroatoms. The zero-order valence-corrected chi connectivity index (χ0v) is 16.6. The lowest BCUT2D eigenvalue weighted by Gasteiger charge is -2.28. The Morgan fingerprint density at radius 3 is 1.96 bits per heavy atom. The van der Waals surface area contributed by atoms with Crippen molar-refractivity contribution in [3.8, 4) is 0 Å². The van der Waals surface area contributed by atoms with Crippen molar-refractivity contribution in [1.29, 1.82) is 0 Å². The second-order valence-electron chi connectivity index (χ2n) is 7.88. The summed E-state index contributed by atoms with van der Waals surface area (Å²) in [6.07, 6.45) is 12.4. The summed E-state index contributed by atoms with van der Waals surface area (Å²) >= 11 is 0. The fourth-order valence-corrected chi connectivity index (χ4v) is 4.16. The van der Waals surface area contributed by atoms with Gasteiger partial charge in [0.15, 0.2) is 0 Å². The van der Waals surface area contributed by atoms with Gasteiger partial charge in [0.05, 0.1) is 17.4 Å². The smallest absolute Gasteiger partial charge is 0.257 e. The molecular formula is C23H30N4O. The first kappa shape index (κ1) is 18.8. The summed E-state index contributed by atoms with van der Waals surface area (Å²) < 4.78 is 0. The van der Waals surface area contributed by atoms with Crippen LogP contribution >= 0.6 is 0 Å². The molecule has 28 heavy (non-hydrogen) atoms. The molecule has 3 heterocycles. The third-order valence-electron chi connectivity index (χ3n) is 5.80. The van der Waals surface area contributed by atoms with E-state index in [-0.39, 0.29) is 5.91 Å². The number of nitrogens with zero attached hydrogens (tertiary/aromatic N) is 3.